The Morgan fingerprint density at radius 3 is 2.67 bits per heavy atom. The van der Waals surface area contributed by atoms with Gasteiger partial charge in [0.2, 0.25) is 0 Å². The van der Waals surface area contributed by atoms with Crippen molar-refractivity contribution < 1.29 is 14.3 Å². The normalized spacial score (nSPS) is 14.8. The van der Waals surface area contributed by atoms with Crippen LogP contribution in [0.25, 0.3) is 11.6 Å². The van der Waals surface area contributed by atoms with Gasteiger partial charge in [-0.15, -0.1) is 0 Å². The first-order valence-electron chi connectivity index (χ1n) is 4.41. The van der Waals surface area contributed by atoms with E-state index in [9.17, 15) is 9.59 Å². The van der Waals surface area contributed by atoms with E-state index in [-0.39, 0.29) is 0 Å². The molecule has 2 rings (SSSR count). The van der Waals surface area contributed by atoms with E-state index in [1.54, 1.807) is 24.3 Å². The third kappa shape index (κ3) is 1.72. The summed E-state index contributed by atoms with van der Waals surface area (Å²) in [6.07, 6.45) is 2.87. The van der Waals surface area contributed by atoms with Crippen LogP contribution in [0.4, 0.5) is 0 Å². The van der Waals surface area contributed by atoms with Gasteiger partial charge in [0.05, 0.1) is 5.57 Å². The largest absolute Gasteiger partial charge is 0.386 e. The van der Waals surface area contributed by atoms with Crippen molar-refractivity contribution in [1.82, 2.24) is 0 Å². The lowest BCUT2D eigenvalue weighted by Crippen LogP contribution is -2.01. The average Bonchev–Trinajstić information content (AvgIpc) is 2.58. The molecule has 1 heterocycles. The highest BCUT2D eigenvalue weighted by atomic mass is 16.6. The van der Waals surface area contributed by atoms with Crippen LogP contribution >= 0.6 is 0 Å². The molecule has 0 fully saturated rings. The van der Waals surface area contributed by atoms with Crippen molar-refractivity contribution in [3.05, 3.63) is 48.0 Å². The van der Waals surface area contributed by atoms with Crippen LogP contribution in [0.3, 0.4) is 0 Å². The molecule has 0 N–H and O–H groups in total. The van der Waals surface area contributed by atoms with Crippen molar-refractivity contribution in [2.75, 3.05) is 0 Å². The minimum Gasteiger partial charge on any atom is -0.386 e. The lowest BCUT2D eigenvalue weighted by molar-refractivity contribution is -0.149. The fourth-order valence-electron chi connectivity index (χ4n) is 1.39. The van der Waals surface area contributed by atoms with Gasteiger partial charge in [-0.25, -0.2) is 9.59 Å². The minimum atomic E-state index is -0.612. The molecule has 74 valence electrons. The maximum atomic E-state index is 11.2. The van der Waals surface area contributed by atoms with E-state index >= 15 is 0 Å². The molecule has 0 aromatic heterocycles. The molecule has 1 aliphatic heterocycles. The Balaban J connectivity index is 2.45. The molecule has 1 aromatic carbocycles. The molecule has 15 heavy (non-hydrogen) atoms. The summed E-state index contributed by atoms with van der Waals surface area (Å²) in [5.41, 5.74) is 1.85. The molecular weight excluding hydrogens is 192 g/mol. The van der Waals surface area contributed by atoms with Crippen LogP contribution in [0.5, 0.6) is 0 Å². The van der Waals surface area contributed by atoms with E-state index in [1.807, 2.05) is 6.07 Å². The number of carbonyl (C=O) groups excluding carboxylic acids is 2. The Morgan fingerprint density at radius 2 is 2.07 bits per heavy atom. The second-order valence-corrected chi connectivity index (χ2v) is 3.10. The van der Waals surface area contributed by atoms with Gasteiger partial charge in [0, 0.05) is 6.08 Å². The van der Waals surface area contributed by atoms with Gasteiger partial charge in [-0.1, -0.05) is 30.9 Å². The van der Waals surface area contributed by atoms with Crippen LogP contribution in [-0.4, -0.2) is 11.9 Å². The van der Waals surface area contributed by atoms with Crippen LogP contribution in [0, 0.1) is 0 Å². The van der Waals surface area contributed by atoms with Crippen LogP contribution in [0.15, 0.2) is 36.9 Å². The van der Waals surface area contributed by atoms with Crippen molar-refractivity contribution in [2.45, 2.75) is 0 Å². The maximum Gasteiger partial charge on any atom is 0.346 e. The van der Waals surface area contributed by atoms with E-state index < -0.39 is 11.9 Å². The van der Waals surface area contributed by atoms with E-state index in [2.05, 4.69) is 11.3 Å². The van der Waals surface area contributed by atoms with Crippen molar-refractivity contribution in [1.29, 1.82) is 0 Å². The van der Waals surface area contributed by atoms with Crippen molar-refractivity contribution in [3.63, 3.8) is 0 Å². The number of rotatable bonds is 2. The quantitative estimate of drug-likeness (QED) is 0.540. The third-order valence-electron chi connectivity index (χ3n) is 2.11. The molecule has 0 atom stereocenters. The molecule has 0 radical (unpaired) electrons. The smallest absolute Gasteiger partial charge is 0.346 e. The summed E-state index contributed by atoms with van der Waals surface area (Å²) < 4.78 is 4.41. The summed E-state index contributed by atoms with van der Waals surface area (Å²) >= 11 is 0. The Hall–Kier alpha value is -2.16. The summed E-state index contributed by atoms with van der Waals surface area (Å²) in [4.78, 5) is 22.1. The van der Waals surface area contributed by atoms with Crippen molar-refractivity contribution >= 4 is 23.6 Å². The molecule has 0 spiro atoms. The molecule has 0 saturated carbocycles. The Bertz CT molecular complexity index is 483. The lowest BCUT2D eigenvalue weighted by atomic mass is 10.0. The highest BCUT2D eigenvalue weighted by Crippen LogP contribution is 2.22. The number of cyclic esters (lactones) is 2. The first-order valence-corrected chi connectivity index (χ1v) is 4.41. The van der Waals surface area contributed by atoms with Crippen molar-refractivity contribution in [3.8, 4) is 0 Å². The second kappa shape index (κ2) is 3.53. The van der Waals surface area contributed by atoms with Gasteiger partial charge in [-0.05, 0) is 17.2 Å². The van der Waals surface area contributed by atoms with Crippen molar-refractivity contribution in [2.24, 2.45) is 0 Å². The molecule has 0 unspecified atom stereocenters. The SMILES string of the molecule is C=Cc1cccc(C2=CC(=O)OC2=O)c1. The van der Waals surface area contributed by atoms with Gasteiger partial charge in [0.1, 0.15) is 0 Å². The number of hydrogen-bond donors (Lipinski definition) is 0. The monoisotopic (exact) mass is 200 g/mol. The highest BCUT2D eigenvalue weighted by Gasteiger charge is 2.24. The predicted octanol–water partition coefficient (Wildman–Crippen LogP) is 1.80. The number of ether oxygens (including phenoxy) is 1. The molecule has 1 aromatic rings. The summed E-state index contributed by atoms with van der Waals surface area (Å²) in [5, 5.41) is 0. The molecule has 3 heteroatoms. The number of benzene rings is 1. The van der Waals surface area contributed by atoms with E-state index in [4.69, 9.17) is 0 Å². The molecule has 3 nitrogen and oxygen atoms in total. The van der Waals surface area contributed by atoms with Gasteiger partial charge >= 0.3 is 11.9 Å². The second-order valence-electron chi connectivity index (χ2n) is 3.10. The zero-order chi connectivity index (χ0) is 10.8. The fraction of sp³-hybridized carbons (Fsp3) is 0. The van der Waals surface area contributed by atoms with Crippen LogP contribution in [-0.2, 0) is 14.3 Å². The molecule has 1 aliphatic rings. The summed E-state index contributed by atoms with van der Waals surface area (Å²) in [5.74, 6) is -1.21. The first kappa shape index (κ1) is 9.40. The molecule has 0 saturated heterocycles. The maximum absolute atomic E-state index is 11.2. The van der Waals surface area contributed by atoms with Gasteiger partial charge < -0.3 is 4.74 Å². The topological polar surface area (TPSA) is 43.4 Å². The lowest BCUT2D eigenvalue weighted by Gasteiger charge is -2.00. The fourth-order valence-corrected chi connectivity index (χ4v) is 1.39. The molecule has 0 aliphatic carbocycles. The van der Waals surface area contributed by atoms with Crippen LogP contribution in [0.2, 0.25) is 0 Å². The molecular formula is C12H8O3. The summed E-state index contributed by atoms with van der Waals surface area (Å²) in [7, 11) is 0. The zero-order valence-electron chi connectivity index (χ0n) is 7.90. The number of esters is 2. The van der Waals surface area contributed by atoms with Gasteiger partial charge in [0.15, 0.2) is 0 Å². The standard InChI is InChI=1S/C12H8O3/c1-2-8-4-3-5-9(6-8)10-7-11(13)15-12(10)14/h2-7H,1H2. The Kier molecular flexibility index (Phi) is 2.21. The predicted molar refractivity (Wildman–Crippen MR) is 55.6 cm³/mol. The van der Waals surface area contributed by atoms with E-state index in [1.165, 1.54) is 6.08 Å². The summed E-state index contributed by atoms with van der Waals surface area (Å²) in [6, 6.07) is 7.18. The molecule has 0 bridgehead atoms. The first-order chi connectivity index (χ1) is 7.20. The van der Waals surface area contributed by atoms with Crippen LogP contribution in [0.1, 0.15) is 11.1 Å². The highest BCUT2D eigenvalue weighted by molar-refractivity contribution is 6.28. The van der Waals surface area contributed by atoms with Gasteiger partial charge in [0.25, 0.3) is 0 Å². The van der Waals surface area contributed by atoms with Gasteiger partial charge in [-0.3, -0.25) is 0 Å². The Labute approximate surface area is 86.7 Å². The Morgan fingerprint density at radius 1 is 1.27 bits per heavy atom. The summed E-state index contributed by atoms with van der Waals surface area (Å²) in [6.45, 7) is 3.63. The third-order valence-corrected chi connectivity index (χ3v) is 2.11. The average molecular weight is 200 g/mol. The van der Waals surface area contributed by atoms with Gasteiger partial charge in [-0.2, -0.15) is 0 Å². The number of hydrogen-bond acceptors (Lipinski definition) is 3. The number of carbonyl (C=O) groups is 2. The van der Waals surface area contributed by atoms with E-state index in [0.717, 1.165) is 5.56 Å². The van der Waals surface area contributed by atoms with E-state index in [0.29, 0.717) is 11.1 Å². The minimum absolute atomic E-state index is 0.295. The van der Waals surface area contributed by atoms with Crippen LogP contribution < -0.4 is 0 Å². The molecule has 0 amide bonds. The zero-order valence-corrected chi connectivity index (χ0v) is 7.90.